The van der Waals surface area contributed by atoms with Crippen LogP contribution < -0.4 is 0 Å². The van der Waals surface area contributed by atoms with Gasteiger partial charge in [0.2, 0.25) is 5.95 Å². The third-order valence-electron chi connectivity index (χ3n) is 3.64. The highest BCUT2D eigenvalue weighted by Gasteiger charge is 2.95. The number of imidazole rings is 1. The molecule has 0 atom stereocenters. The molecule has 0 radical (unpaired) electrons. The van der Waals surface area contributed by atoms with Crippen molar-refractivity contribution in [2.75, 3.05) is 0 Å². The number of hydrogen-bond donors (Lipinski definition) is 1. The molecule has 1 aromatic heterocycles. The topological polar surface area (TPSA) is 28.7 Å². The summed E-state index contributed by atoms with van der Waals surface area (Å²) in [5.41, 5.74) is 0. The number of aromatic amines is 1. The summed E-state index contributed by atoms with van der Waals surface area (Å²) in [5, 5.41) is 0. The average Bonchev–Trinajstić information content (AvgIpc) is 2.92. The molecule has 0 fully saturated rings. The lowest BCUT2D eigenvalue weighted by Gasteiger charge is -2.42. The number of nitrogens with one attached hydrogen (secondary N) is 1. The SMILES string of the molecule is Fc1nc(C(F)(F)C(F)(F)C(F)(F)C(F)(F)C(F)(F)C(F)(F)C(F)(F)C(F)(F)F)[nH]c1F. The van der Waals surface area contributed by atoms with Gasteiger partial charge in [0.25, 0.3) is 5.95 Å². The lowest BCUT2D eigenvalue weighted by Crippen LogP contribution is -2.74. The first-order valence-corrected chi connectivity index (χ1v) is 6.79. The fourth-order valence-electron chi connectivity index (χ4n) is 1.79. The molecule has 0 spiro atoms. The second-order valence-corrected chi connectivity index (χ2v) is 5.71. The summed E-state index contributed by atoms with van der Waals surface area (Å²) in [5.74, 6) is -67.2. The maximum absolute atomic E-state index is 13.5. The van der Waals surface area contributed by atoms with Crippen LogP contribution in [0, 0.1) is 11.9 Å². The second kappa shape index (κ2) is 6.94. The van der Waals surface area contributed by atoms with Gasteiger partial charge in [-0.05, 0) is 0 Å². The molecular formula is C11HF19N2. The Hall–Kier alpha value is -2.12. The van der Waals surface area contributed by atoms with Gasteiger partial charge in [-0.15, -0.1) is 0 Å². The van der Waals surface area contributed by atoms with Crippen LogP contribution in [0.15, 0.2) is 0 Å². The molecule has 1 heterocycles. The van der Waals surface area contributed by atoms with Crippen molar-refractivity contribution in [1.82, 2.24) is 9.97 Å². The third-order valence-corrected chi connectivity index (χ3v) is 3.64. The van der Waals surface area contributed by atoms with E-state index >= 15 is 0 Å². The van der Waals surface area contributed by atoms with Gasteiger partial charge in [0, 0.05) is 0 Å². The van der Waals surface area contributed by atoms with Crippen molar-refractivity contribution < 1.29 is 83.4 Å². The summed E-state index contributed by atoms with van der Waals surface area (Å²) >= 11 is 0. The molecule has 188 valence electrons. The van der Waals surface area contributed by atoms with Crippen molar-refractivity contribution in [3.8, 4) is 0 Å². The van der Waals surface area contributed by atoms with Gasteiger partial charge >= 0.3 is 47.6 Å². The van der Waals surface area contributed by atoms with E-state index in [1.165, 1.54) is 4.98 Å². The van der Waals surface area contributed by atoms with Crippen LogP contribution in [0.2, 0.25) is 0 Å². The van der Waals surface area contributed by atoms with E-state index in [4.69, 9.17) is 0 Å². The summed E-state index contributed by atoms with van der Waals surface area (Å²) in [4.78, 5) is 1.68. The normalized spacial score (nSPS) is 16.0. The van der Waals surface area contributed by atoms with Crippen molar-refractivity contribution in [2.24, 2.45) is 0 Å². The summed E-state index contributed by atoms with van der Waals surface area (Å²) in [7, 11) is 0. The molecule has 0 aliphatic rings. The zero-order chi connectivity index (χ0) is 26.1. The van der Waals surface area contributed by atoms with Crippen LogP contribution in [-0.4, -0.2) is 51.7 Å². The van der Waals surface area contributed by atoms with Crippen molar-refractivity contribution in [2.45, 2.75) is 47.6 Å². The number of alkyl halides is 17. The molecule has 0 saturated carbocycles. The first-order valence-electron chi connectivity index (χ1n) is 6.79. The number of rotatable bonds is 7. The Morgan fingerprint density at radius 1 is 0.469 bits per heavy atom. The molecule has 0 amide bonds. The van der Waals surface area contributed by atoms with E-state index in [0.717, 1.165) is 0 Å². The van der Waals surface area contributed by atoms with E-state index in [1.807, 2.05) is 0 Å². The lowest BCUT2D eigenvalue weighted by atomic mass is 9.89. The molecule has 0 saturated heterocycles. The van der Waals surface area contributed by atoms with Gasteiger partial charge in [0.1, 0.15) is 0 Å². The van der Waals surface area contributed by atoms with Gasteiger partial charge in [-0.3, -0.25) is 0 Å². The Morgan fingerprint density at radius 2 is 0.781 bits per heavy atom. The fraction of sp³-hybridized carbons (Fsp3) is 0.727. The van der Waals surface area contributed by atoms with E-state index < -0.39 is 65.4 Å². The summed E-state index contributed by atoms with van der Waals surface area (Å²) in [6.45, 7) is 0. The van der Waals surface area contributed by atoms with Crippen molar-refractivity contribution in [3.05, 3.63) is 17.7 Å². The number of nitrogens with zero attached hydrogens (tertiary/aromatic N) is 1. The van der Waals surface area contributed by atoms with Crippen LogP contribution >= 0.6 is 0 Å². The Labute approximate surface area is 160 Å². The molecule has 32 heavy (non-hydrogen) atoms. The lowest BCUT2D eigenvalue weighted by molar-refractivity contribution is -0.463. The maximum Gasteiger partial charge on any atom is 0.460 e. The first-order chi connectivity index (χ1) is 13.7. The smallest absolute Gasteiger partial charge is 0.311 e. The molecule has 0 unspecified atom stereocenters. The van der Waals surface area contributed by atoms with E-state index in [-0.39, 0.29) is 4.98 Å². The summed E-state index contributed by atoms with van der Waals surface area (Å²) < 4.78 is 246. The zero-order valence-corrected chi connectivity index (χ0v) is 13.6. The Bertz CT molecular complexity index is 826. The molecular weight excluding hydrogens is 521 g/mol. The van der Waals surface area contributed by atoms with Gasteiger partial charge in [-0.25, -0.2) is 0 Å². The minimum atomic E-state index is -8.79. The molecule has 1 aromatic rings. The second-order valence-electron chi connectivity index (χ2n) is 5.71. The van der Waals surface area contributed by atoms with E-state index in [9.17, 15) is 83.4 Å². The monoisotopic (exact) mass is 522 g/mol. The molecule has 2 nitrogen and oxygen atoms in total. The third kappa shape index (κ3) is 3.24. The summed E-state index contributed by atoms with van der Waals surface area (Å²) in [6, 6.07) is 0. The van der Waals surface area contributed by atoms with E-state index in [2.05, 4.69) is 0 Å². The zero-order valence-electron chi connectivity index (χ0n) is 13.6. The molecule has 0 aromatic carbocycles. The minimum Gasteiger partial charge on any atom is -0.311 e. The number of hydrogen-bond acceptors (Lipinski definition) is 1. The fourth-order valence-corrected chi connectivity index (χ4v) is 1.79. The van der Waals surface area contributed by atoms with E-state index in [0.29, 0.717) is 0 Å². The molecule has 1 N–H and O–H groups in total. The number of aromatic nitrogens is 2. The standard InChI is InChI=1S/C11HF19N2/c12-1-2(13)32-3(31-1)4(14,15)5(16,17)6(18,19)7(20,21)8(22,23)9(24,25)10(26,27)11(28,29)30/h(H,31,32). The van der Waals surface area contributed by atoms with E-state index in [1.54, 1.807) is 0 Å². The Kier molecular flexibility index (Phi) is 6.05. The number of H-pyrrole nitrogens is 1. The van der Waals surface area contributed by atoms with Gasteiger partial charge in [-0.1, -0.05) is 0 Å². The van der Waals surface area contributed by atoms with Crippen LogP contribution in [0.1, 0.15) is 5.82 Å². The van der Waals surface area contributed by atoms with Crippen molar-refractivity contribution in [3.63, 3.8) is 0 Å². The summed E-state index contributed by atoms with van der Waals surface area (Å²) in [6.07, 6.45) is -7.86. The molecule has 21 heteroatoms. The number of halogens is 19. The van der Waals surface area contributed by atoms with Crippen LogP contribution in [0.25, 0.3) is 0 Å². The van der Waals surface area contributed by atoms with Gasteiger partial charge < -0.3 is 4.98 Å². The van der Waals surface area contributed by atoms with Crippen LogP contribution in [0.4, 0.5) is 83.4 Å². The predicted molar refractivity (Wildman–Crippen MR) is 58.1 cm³/mol. The minimum absolute atomic E-state index is 0.162. The highest BCUT2D eigenvalue weighted by molar-refractivity contribution is 5.18. The van der Waals surface area contributed by atoms with Crippen LogP contribution in [0.5, 0.6) is 0 Å². The van der Waals surface area contributed by atoms with Crippen molar-refractivity contribution >= 4 is 0 Å². The molecule has 0 aliphatic carbocycles. The predicted octanol–water partition coefficient (Wildman–Crippen LogP) is 6.15. The maximum atomic E-state index is 13.5. The highest BCUT2D eigenvalue weighted by Crippen LogP contribution is 2.64. The van der Waals surface area contributed by atoms with Crippen LogP contribution in [-0.2, 0) is 5.92 Å². The molecule has 0 aliphatic heterocycles. The molecule has 1 rings (SSSR count). The van der Waals surface area contributed by atoms with Gasteiger partial charge in [0.05, 0.1) is 0 Å². The van der Waals surface area contributed by atoms with Gasteiger partial charge in [-0.2, -0.15) is 88.4 Å². The first kappa shape index (κ1) is 27.9. The van der Waals surface area contributed by atoms with Gasteiger partial charge in [0.15, 0.2) is 5.82 Å². The quantitative estimate of drug-likeness (QED) is 0.428. The Balaban J connectivity index is 3.72. The highest BCUT2D eigenvalue weighted by atomic mass is 19.4. The van der Waals surface area contributed by atoms with Crippen molar-refractivity contribution in [1.29, 1.82) is 0 Å². The average molecular weight is 522 g/mol. The molecule has 0 bridgehead atoms. The largest absolute Gasteiger partial charge is 0.460 e. The van der Waals surface area contributed by atoms with Crippen LogP contribution in [0.3, 0.4) is 0 Å². The Morgan fingerprint density at radius 3 is 1.06 bits per heavy atom.